The van der Waals surface area contributed by atoms with E-state index in [-0.39, 0.29) is 30.5 Å². The van der Waals surface area contributed by atoms with Gasteiger partial charge in [-0.1, -0.05) is 53.8 Å². The van der Waals surface area contributed by atoms with Crippen molar-refractivity contribution in [1.29, 1.82) is 0 Å². The normalized spacial score (nSPS) is 13.6. The molecule has 0 atom stereocenters. The number of aromatic carboxylic acids is 1. The number of hydrogen-bond acceptors (Lipinski definition) is 6. The number of allylic oxidation sites excluding steroid dienone is 2. The van der Waals surface area contributed by atoms with Gasteiger partial charge in [0.05, 0.1) is 21.2 Å². The highest BCUT2D eigenvalue weighted by molar-refractivity contribution is 6.39. The van der Waals surface area contributed by atoms with E-state index in [1.165, 1.54) is 6.92 Å². The van der Waals surface area contributed by atoms with E-state index in [0.29, 0.717) is 27.1 Å². The van der Waals surface area contributed by atoms with Gasteiger partial charge >= 0.3 is 5.97 Å². The molecule has 40 heavy (non-hydrogen) atoms. The lowest BCUT2D eigenvalue weighted by Gasteiger charge is -2.19. The van der Waals surface area contributed by atoms with Crippen LogP contribution in [0.15, 0.2) is 59.0 Å². The number of aromatic nitrogens is 2. The summed E-state index contributed by atoms with van der Waals surface area (Å²) in [4.78, 5) is 28.3. The molecular formula is C29H28Cl2FN3O5. The Morgan fingerprint density at radius 2 is 2.00 bits per heavy atom. The van der Waals surface area contributed by atoms with Gasteiger partial charge in [0, 0.05) is 31.1 Å². The molecule has 1 aromatic carbocycles. The van der Waals surface area contributed by atoms with Crippen LogP contribution in [0, 0.1) is 5.82 Å². The zero-order valence-corrected chi connectivity index (χ0v) is 23.5. The number of rotatable bonds is 12. The summed E-state index contributed by atoms with van der Waals surface area (Å²) in [6, 6.07) is 6.07. The molecule has 1 aliphatic carbocycles. The Morgan fingerprint density at radius 3 is 2.60 bits per heavy atom. The van der Waals surface area contributed by atoms with Crippen molar-refractivity contribution < 1.29 is 28.3 Å². The lowest BCUT2D eigenvalue weighted by Crippen LogP contribution is -2.30. The van der Waals surface area contributed by atoms with Crippen molar-refractivity contribution in [2.75, 3.05) is 11.4 Å². The number of benzene rings is 1. The molecule has 210 valence electrons. The summed E-state index contributed by atoms with van der Waals surface area (Å²) < 4.78 is 26.5. The number of ether oxygens (including phenoxy) is 1. The largest absolute Gasteiger partial charge is 0.489 e. The molecule has 11 heteroatoms. The van der Waals surface area contributed by atoms with Crippen molar-refractivity contribution in [3.63, 3.8) is 0 Å². The summed E-state index contributed by atoms with van der Waals surface area (Å²) in [5, 5.41) is 14.2. The third-order valence-electron chi connectivity index (χ3n) is 6.26. The van der Waals surface area contributed by atoms with Gasteiger partial charge in [0.1, 0.15) is 23.8 Å². The molecular weight excluding hydrogens is 560 g/mol. The predicted molar refractivity (Wildman–Crippen MR) is 150 cm³/mol. The number of amides is 1. The lowest BCUT2D eigenvalue weighted by molar-refractivity contribution is -0.116. The monoisotopic (exact) mass is 587 g/mol. The molecule has 0 aliphatic heterocycles. The molecule has 0 bridgehead atoms. The van der Waals surface area contributed by atoms with Crippen molar-refractivity contribution in [3.05, 3.63) is 87.2 Å². The van der Waals surface area contributed by atoms with Gasteiger partial charge in [-0.25, -0.2) is 14.2 Å². The zero-order chi connectivity index (χ0) is 28.8. The minimum Gasteiger partial charge on any atom is -0.489 e. The van der Waals surface area contributed by atoms with E-state index in [4.69, 9.17) is 37.6 Å². The van der Waals surface area contributed by atoms with E-state index in [9.17, 15) is 14.0 Å². The first-order valence-electron chi connectivity index (χ1n) is 12.8. The quantitative estimate of drug-likeness (QED) is 0.172. The summed E-state index contributed by atoms with van der Waals surface area (Å²) in [5.74, 6) is -1.39. The first-order valence-corrected chi connectivity index (χ1v) is 13.6. The number of hydrogen-bond donors (Lipinski definition) is 1. The van der Waals surface area contributed by atoms with Crippen molar-refractivity contribution >= 4 is 40.9 Å². The summed E-state index contributed by atoms with van der Waals surface area (Å²) >= 11 is 12.9. The number of carbonyl (C=O) groups is 2. The van der Waals surface area contributed by atoms with Crippen molar-refractivity contribution in [2.24, 2.45) is 0 Å². The number of anilines is 1. The van der Waals surface area contributed by atoms with Gasteiger partial charge in [0.15, 0.2) is 11.6 Å². The highest BCUT2D eigenvalue weighted by Gasteiger charge is 2.33. The van der Waals surface area contributed by atoms with E-state index in [1.54, 1.807) is 30.4 Å². The fourth-order valence-electron chi connectivity index (χ4n) is 4.05. The Balaban J connectivity index is 1.55. The molecule has 2 heterocycles. The number of unbranched alkanes of at least 4 members (excludes halogenated alkanes) is 1. The molecule has 8 nitrogen and oxygen atoms in total. The molecule has 0 spiro atoms. The molecule has 2 aromatic heterocycles. The Morgan fingerprint density at radius 1 is 1.27 bits per heavy atom. The van der Waals surface area contributed by atoms with Crippen LogP contribution >= 0.6 is 23.2 Å². The van der Waals surface area contributed by atoms with Crippen molar-refractivity contribution in [2.45, 2.75) is 52.1 Å². The fourth-order valence-corrected chi connectivity index (χ4v) is 4.63. The third-order valence-corrected chi connectivity index (χ3v) is 6.89. The van der Waals surface area contributed by atoms with Gasteiger partial charge in [-0.05, 0) is 49.6 Å². The second-order valence-electron chi connectivity index (χ2n) is 9.30. The maximum absolute atomic E-state index is 14.6. The molecule has 1 N–H and O–H groups in total. The lowest BCUT2D eigenvalue weighted by atomic mass is 10.0. The number of carboxylic acid groups (broad SMARTS) is 1. The first kappa shape index (κ1) is 29.3. The Hall–Kier alpha value is -3.69. The van der Waals surface area contributed by atoms with E-state index >= 15 is 0 Å². The summed E-state index contributed by atoms with van der Waals surface area (Å²) in [5.41, 5.74) is 1.57. The second kappa shape index (κ2) is 13.1. The van der Waals surface area contributed by atoms with Gasteiger partial charge in [0.2, 0.25) is 5.91 Å². The van der Waals surface area contributed by atoms with Crippen LogP contribution in [0.1, 0.15) is 67.1 Å². The maximum atomic E-state index is 14.6. The van der Waals surface area contributed by atoms with Gasteiger partial charge in [-0.15, -0.1) is 0 Å². The molecule has 3 aromatic rings. The zero-order valence-electron chi connectivity index (χ0n) is 22.0. The molecule has 1 fully saturated rings. The minimum atomic E-state index is -1.31. The van der Waals surface area contributed by atoms with Crippen LogP contribution in [-0.2, 0) is 16.1 Å². The fraction of sp³-hybridized carbons (Fsp3) is 0.310. The SMILES string of the molecule is CCC/C=C(\C=C/CN(C(C)=O)c1ncc(C(=O)O)cc1F)OCc1c(-c2c(Cl)cccc2Cl)noc1C1CC1. The highest BCUT2D eigenvalue weighted by Crippen LogP contribution is 2.46. The number of carboxylic acids is 1. The predicted octanol–water partition coefficient (Wildman–Crippen LogP) is 7.57. The van der Waals surface area contributed by atoms with Crippen LogP contribution in [0.2, 0.25) is 10.0 Å². The molecule has 1 saturated carbocycles. The minimum absolute atomic E-state index is 0.0143. The second-order valence-corrected chi connectivity index (χ2v) is 10.1. The van der Waals surface area contributed by atoms with E-state index < -0.39 is 17.7 Å². The van der Waals surface area contributed by atoms with Crippen LogP contribution in [0.4, 0.5) is 10.2 Å². The summed E-state index contributed by atoms with van der Waals surface area (Å²) in [7, 11) is 0. The smallest absolute Gasteiger partial charge is 0.337 e. The van der Waals surface area contributed by atoms with Crippen molar-refractivity contribution in [1.82, 2.24) is 10.1 Å². The third kappa shape index (κ3) is 6.89. The molecule has 1 amide bonds. The number of halogens is 3. The van der Waals surface area contributed by atoms with E-state index in [1.807, 2.05) is 13.0 Å². The highest BCUT2D eigenvalue weighted by atomic mass is 35.5. The van der Waals surface area contributed by atoms with Crippen molar-refractivity contribution in [3.8, 4) is 11.3 Å². The molecule has 4 rings (SSSR count). The summed E-state index contributed by atoms with van der Waals surface area (Å²) in [6.07, 6.45) is 9.89. The number of pyridine rings is 1. The standard InChI is InChI=1S/C29H28Cl2FN3O5/c1-3-4-7-20(8-6-13-35(17(2)36)28-24(32)14-19(15-33-28)29(37)38)39-16-21-26(34-40-27(21)18-11-12-18)25-22(30)9-5-10-23(25)31/h5-10,14-15,18H,3-4,11-13,16H2,1-2H3,(H,37,38)/b8-6-,20-7+. The Labute approximate surface area is 241 Å². The molecule has 0 unspecified atom stereocenters. The van der Waals surface area contributed by atoms with Gasteiger partial charge in [-0.3, -0.25) is 9.69 Å². The Bertz CT molecular complexity index is 1450. The average Bonchev–Trinajstić information content (AvgIpc) is 3.68. The van der Waals surface area contributed by atoms with E-state index in [0.717, 1.165) is 54.2 Å². The van der Waals surface area contributed by atoms with Crippen LogP contribution < -0.4 is 4.90 Å². The van der Waals surface area contributed by atoms with Gasteiger partial charge in [0.25, 0.3) is 0 Å². The average molecular weight is 588 g/mol. The topological polar surface area (TPSA) is 106 Å². The summed E-state index contributed by atoms with van der Waals surface area (Å²) in [6.45, 7) is 3.44. The Kier molecular flexibility index (Phi) is 9.60. The first-order chi connectivity index (χ1) is 19.2. The van der Waals surface area contributed by atoms with Gasteiger partial charge in [-0.2, -0.15) is 0 Å². The van der Waals surface area contributed by atoms with E-state index in [2.05, 4.69) is 10.1 Å². The molecule has 1 aliphatic rings. The van der Waals surface area contributed by atoms with Gasteiger partial charge < -0.3 is 14.4 Å². The van der Waals surface area contributed by atoms with Crippen LogP contribution in [0.25, 0.3) is 11.3 Å². The maximum Gasteiger partial charge on any atom is 0.337 e. The number of carbonyl (C=O) groups excluding carboxylic acids is 1. The molecule has 0 radical (unpaired) electrons. The molecule has 0 saturated heterocycles. The van der Waals surface area contributed by atoms with Crippen LogP contribution in [-0.4, -0.2) is 33.7 Å². The van der Waals surface area contributed by atoms with Crippen LogP contribution in [0.3, 0.4) is 0 Å². The number of nitrogens with zero attached hydrogens (tertiary/aromatic N) is 3. The van der Waals surface area contributed by atoms with Crippen LogP contribution in [0.5, 0.6) is 0 Å².